The van der Waals surface area contributed by atoms with Crippen molar-refractivity contribution in [2.45, 2.75) is 6.54 Å². The van der Waals surface area contributed by atoms with Gasteiger partial charge in [-0.25, -0.2) is 14.4 Å². The van der Waals surface area contributed by atoms with Gasteiger partial charge in [0.1, 0.15) is 18.0 Å². The Hall–Kier alpha value is -3.09. The van der Waals surface area contributed by atoms with Crippen LogP contribution < -0.4 is 4.90 Å². The highest BCUT2D eigenvalue weighted by molar-refractivity contribution is 5.91. The van der Waals surface area contributed by atoms with Crippen molar-refractivity contribution in [2.24, 2.45) is 0 Å². The van der Waals surface area contributed by atoms with Gasteiger partial charge < -0.3 is 9.80 Å². The zero-order chi connectivity index (χ0) is 17.2. The van der Waals surface area contributed by atoms with Gasteiger partial charge in [-0.15, -0.1) is 0 Å². The molecule has 0 aliphatic carbocycles. The van der Waals surface area contributed by atoms with Gasteiger partial charge in [-0.1, -0.05) is 12.1 Å². The van der Waals surface area contributed by atoms with Crippen molar-refractivity contribution in [1.82, 2.24) is 19.9 Å². The number of aromatic nitrogens is 3. The lowest BCUT2D eigenvalue weighted by atomic mass is 10.2. The van der Waals surface area contributed by atoms with E-state index in [1.54, 1.807) is 29.4 Å². The van der Waals surface area contributed by atoms with Gasteiger partial charge >= 0.3 is 0 Å². The van der Waals surface area contributed by atoms with E-state index in [1.807, 2.05) is 11.0 Å². The summed E-state index contributed by atoms with van der Waals surface area (Å²) in [4.78, 5) is 28.9. The Bertz CT molecular complexity index is 909. The van der Waals surface area contributed by atoms with Crippen LogP contribution in [0, 0.1) is 5.82 Å². The third kappa shape index (κ3) is 3.13. The number of amides is 1. The maximum absolute atomic E-state index is 13.0. The van der Waals surface area contributed by atoms with Gasteiger partial charge in [-0.05, 0) is 23.8 Å². The molecule has 3 heterocycles. The Kier molecular flexibility index (Phi) is 3.97. The molecule has 1 fully saturated rings. The van der Waals surface area contributed by atoms with Crippen LogP contribution in [-0.4, -0.2) is 45.4 Å². The van der Waals surface area contributed by atoms with Gasteiger partial charge in [0.2, 0.25) is 5.91 Å². The summed E-state index contributed by atoms with van der Waals surface area (Å²) in [7, 11) is 0. The second-order valence-corrected chi connectivity index (χ2v) is 5.95. The number of anilines is 1. The number of hydrogen-bond acceptors (Lipinski definition) is 5. The van der Waals surface area contributed by atoms with Crippen molar-refractivity contribution in [2.75, 3.05) is 24.5 Å². The number of fused-ring (bicyclic) bond motifs is 1. The number of pyridine rings is 1. The van der Waals surface area contributed by atoms with Crippen LogP contribution in [0.3, 0.4) is 0 Å². The van der Waals surface area contributed by atoms with Crippen LogP contribution in [0.2, 0.25) is 0 Å². The minimum atomic E-state index is -0.273. The van der Waals surface area contributed by atoms with Crippen LogP contribution in [0.4, 0.5) is 10.2 Å². The molecule has 0 unspecified atom stereocenters. The van der Waals surface area contributed by atoms with Crippen LogP contribution in [-0.2, 0) is 11.3 Å². The monoisotopic (exact) mass is 337 g/mol. The average molecular weight is 337 g/mol. The molecule has 1 aromatic carbocycles. The number of rotatable bonds is 3. The summed E-state index contributed by atoms with van der Waals surface area (Å²) in [6.07, 6.45) is 4.88. The fourth-order valence-electron chi connectivity index (χ4n) is 3.01. The number of carbonyl (C=O) groups excluding carboxylic acids is 1. The summed E-state index contributed by atoms with van der Waals surface area (Å²) < 4.78 is 13.0. The van der Waals surface area contributed by atoms with Crippen molar-refractivity contribution >= 4 is 22.6 Å². The molecule has 7 heteroatoms. The molecule has 1 saturated heterocycles. The van der Waals surface area contributed by atoms with E-state index in [-0.39, 0.29) is 18.3 Å². The normalized spacial score (nSPS) is 15.0. The van der Waals surface area contributed by atoms with Gasteiger partial charge in [0, 0.05) is 31.2 Å². The lowest BCUT2D eigenvalue weighted by Crippen LogP contribution is -2.50. The number of hydrogen-bond donors (Lipinski definition) is 0. The highest BCUT2D eigenvalue weighted by Gasteiger charge is 2.26. The lowest BCUT2D eigenvalue weighted by molar-refractivity contribution is -0.131. The summed E-state index contributed by atoms with van der Waals surface area (Å²) in [5.41, 5.74) is 1.68. The van der Waals surface area contributed by atoms with Gasteiger partial charge in [0.15, 0.2) is 0 Å². The maximum Gasteiger partial charge on any atom is 0.242 e. The molecular weight excluding hydrogens is 321 g/mol. The first-order valence-corrected chi connectivity index (χ1v) is 8.02. The molecule has 0 saturated carbocycles. The minimum Gasteiger partial charge on any atom is -0.345 e. The molecule has 3 aromatic rings. The topological polar surface area (TPSA) is 62.2 Å². The first kappa shape index (κ1) is 15.4. The Labute approximate surface area is 143 Å². The molecule has 25 heavy (non-hydrogen) atoms. The Morgan fingerprint density at radius 1 is 1.08 bits per heavy atom. The zero-order valence-electron chi connectivity index (χ0n) is 13.5. The van der Waals surface area contributed by atoms with E-state index in [1.165, 1.54) is 18.5 Å². The van der Waals surface area contributed by atoms with Gasteiger partial charge in [-0.3, -0.25) is 9.78 Å². The summed E-state index contributed by atoms with van der Waals surface area (Å²) in [6.45, 7) is 2.02. The van der Waals surface area contributed by atoms with E-state index in [0.29, 0.717) is 19.6 Å². The van der Waals surface area contributed by atoms with E-state index < -0.39 is 0 Å². The SMILES string of the molecule is O=C1CN(c2ncnc3cnccc23)CCN1Cc1ccc(F)cc1. The second kappa shape index (κ2) is 6.43. The van der Waals surface area contributed by atoms with Crippen molar-refractivity contribution in [3.8, 4) is 0 Å². The Morgan fingerprint density at radius 3 is 2.72 bits per heavy atom. The van der Waals surface area contributed by atoms with Gasteiger partial charge in [-0.2, -0.15) is 0 Å². The molecule has 1 amide bonds. The molecule has 4 rings (SSSR count). The van der Waals surface area contributed by atoms with Crippen molar-refractivity contribution in [3.63, 3.8) is 0 Å². The minimum absolute atomic E-state index is 0.0244. The molecule has 0 radical (unpaired) electrons. The molecule has 1 aliphatic heterocycles. The van der Waals surface area contributed by atoms with Gasteiger partial charge in [0.25, 0.3) is 0 Å². The van der Waals surface area contributed by atoms with E-state index in [2.05, 4.69) is 15.0 Å². The van der Waals surface area contributed by atoms with E-state index in [4.69, 9.17) is 0 Å². The van der Waals surface area contributed by atoms with Gasteiger partial charge in [0.05, 0.1) is 18.3 Å². The summed E-state index contributed by atoms with van der Waals surface area (Å²) in [6, 6.07) is 8.11. The standard InChI is InChI=1S/C18H16FN5O/c19-14-3-1-13(2-4-14)10-23-7-8-24(11-17(23)25)18-15-5-6-20-9-16(15)21-12-22-18/h1-6,9,12H,7-8,10-11H2. The molecule has 2 aromatic heterocycles. The third-order valence-electron chi connectivity index (χ3n) is 4.32. The number of nitrogens with zero attached hydrogens (tertiary/aromatic N) is 5. The van der Waals surface area contributed by atoms with Crippen LogP contribution in [0.25, 0.3) is 10.9 Å². The Balaban J connectivity index is 1.51. The fourth-order valence-corrected chi connectivity index (χ4v) is 3.01. The van der Waals surface area contributed by atoms with Crippen LogP contribution >= 0.6 is 0 Å². The van der Waals surface area contributed by atoms with Crippen LogP contribution in [0.15, 0.2) is 49.1 Å². The predicted molar refractivity (Wildman–Crippen MR) is 91.4 cm³/mol. The van der Waals surface area contributed by atoms with Crippen molar-refractivity contribution < 1.29 is 9.18 Å². The number of halogens is 1. The molecule has 6 nitrogen and oxygen atoms in total. The summed E-state index contributed by atoms with van der Waals surface area (Å²) in [5.74, 6) is 0.503. The predicted octanol–water partition coefficient (Wildman–Crippen LogP) is 2.01. The number of carbonyl (C=O) groups is 1. The second-order valence-electron chi connectivity index (χ2n) is 5.95. The molecule has 0 spiro atoms. The first-order chi connectivity index (χ1) is 12.2. The summed E-state index contributed by atoms with van der Waals surface area (Å²) >= 11 is 0. The highest BCUT2D eigenvalue weighted by atomic mass is 19.1. The smallest absolute Gasteiger partial charge is 0.242 e. The van der Waals surface area contributed by atoms with Crippen LogP contribution in [0.1, 0.15) is 5.56 Å². The average Bonchev–Trinajstić information content (AvgIpc) is 2.65. The molecule has 1 aliphatic rings. The quantitative estimate of drug-likeness (QED) is 0.732. The Morgan fingerprint density at radius 2 is 1.92 bits per heavy atom. The highest BCUT2D eigenvalue weighted by Crippen LogP contribution is 2.23. The molecular formula is C18H16FN5O. The summed E-state index contributed by atoms with van der Waals surface area (Å²) in [5, 5.41) is 0.886. The molecule has 0 N–H and O–H groups in total. The number of piperazine rings is 1. The maximum atomic E-state index is 13.0. The van der Waals surface area contributed by atoms with Crippen molar-refractivity contribution in [1.29, 1.82) is 0 Å². The fraction of sp³-hybridized carbons (Fsp3) is 0.222. The van der Waals surface area contributed by atoms with E-state index in [0.717, 1.165) is 22.3 Å². The zero-order valence-corrected chi connectivity index (χ0v) is 13.5. The third-order valence-corrected chi connectivity index (χ3v) is 4.32. The van der Waals surface area contributed by atoms with Crippen molar-refractivity contribution in [3.05, 3.63) is 60.4 Å². The van der Waals surface area contributed by atoms with E-state index in [9.17, 15) is 9.18 Å². The first-order valence-electron chi connectivity index (χ1n) is 8.02. The number of benzene rings is 1. The molecule has 0 atom stereocenters. The van der Waals surface area contributed by atoms with E-state index >= 15 is 0 Å². The van der Waals surface area contributed by atoms with Crippen LogP contribution in [0.5, 0.6) is 0 Å². The lowest BCUT2D eigenvalue weighted by Gasteiger charge is -2.35. The molecule has 126 valence electrons. The largest absolute Gasteiger partial charge is 0.345 e. The molecule has 0 bridgehead atoms.